The lowest BCUT2D eigenvalue weighted by Gasteiger charge is -2.42. The molecule has 0 N–H and O–H groups in total. The molecule has 2 aliphatic heterocycles. The fourth-order valence-corrected chi connectivity index (χ4v) is 13.6. The first-order valence-electron chi connectivity index (χ1n) is 23.4. The third kappa shape index (κ3) is 5.03. The number of aromatic nitrogens is 1. The van der Waals surface area contributed by atoms with Crippen LogP contribution in [-0.4, -0.2) is 11.3 Å². The van der Waals surface area contributed by atoms with Gasteiger partial charge in [-0.1, -0.05) is 146 Å². The highest BCUT2D eigenvalue weighted by Crippen LogP contribution is 2.55. The molecule has 0 bridgehead atoms. The van der Waals surface area contributed by atoms with E-state index in [0.717, 1.165) is 23.0 Å². The van der Waals surface area contributed by atoms with Crippen LogP contribution in [0.5, 0.6) is 0 Å². The van der Waals surface area contributed by atoms with Gasteiger partial charge in [-0.15, -0.1) is 11.3 Å². The average molecular weight is 857 g/mol. The second kappa shape index (κ2) is 12.6. The van der Waals surface area contributed by atoms with E-state index in [1.165, 1.54) is 121 Å². The van der Waals surface area contributed by atoms with Gasteiger partial charge in [-0.25, -0.2) is 0 Å². The third-order valence-electron chi connectivity index (χ3n) is 15.7. The van der Waals surface area contributed by atoms with Gasteiger partial charge in [0.25, 0.3) is 0 Å². The van der Waals surface area contributed by atoms with Gasteiger partial charge in [0.2, 0.25) is 0 Å². The van der Waals surface area contributed by atoms with Crippen molar-refractivity contribution in [1.82, 2.24) is 4.48 Å². The van der Waals surface area contributed by atoms with Gasteiger partial charge in [-0.2, -0.15) is 0 Å². The zero-order chi connectivity index (χ0) is 43.9. The van der Waals surface area contributed by atoms with Crippen molar-refractivity contribution in [3.63, 3.8) is 0 Å². The van der Waals surface area contributed by atoms with Gasteiger partial charge in [-0.3, -0.25) is 0 Å². The molecule has 0 saturated carbocycles. The molecular weight excluding hydrogens is 808 g/mol. The van der Waals surface area contributed by atoms with Crippen molar-refractivity contribution in [1.29, 1.82) is 0 Å². The zero-order valence-electron chi connectivity index (χ0n) is 38.1. The van der Waals surface area contributed by atoms with Crippen LogP contribution in [0.2, 0.25) is 0 Å². The van der Waals surface area contributed by atoms with Crippen molar-refractivity contribution in [2.24, 2.45) is 0 Å². The Morgan fingerprint density at radius 3 is 2.09 bits per heavy atom. The molecule has 0 fully saturated rings. The van der Waals surface area contributed by atoms with E-state index < -0.39 is 0 Å². The zero-order valence-corrected chi connectivity index (χ0v) is 38.9. The molecule has 5 heteroatoms. The molecule has 3 aliphatic rings. The lowest BCUT2D eigenvalue weighted by atomic mass is 9.48. The molecule has 1 aliphatic carbocycles. The van der Waals surface area contributed by atoms with Gasteiger partial charge in [-0.05, 0) is 116 Å². The number of hydrogen-bond acceptors (Lipinski definition) is 3. The Balaban J connectivity index is 1.21. The molecular formula is C60H49BN2OS. The van der Waals surface area contributed by atoms with Crippen molar-refractivity contribution in [2.45, 2.75) is 77.6 Å². The molecule has 65 heavy (non-hydrogen) atoms. The Hall–Kier alpha value is -6.56. The summed E-state index contributed by atoms with van der Waals surface area (Å²) in [5.41, 5.74) is 18.9. The summed E-state index contributed by atoms with van der Waals surface area (Å²) in [5.74, 6) is 0. The van der Waals surface area contributed by atoms with Gasteiger partial charge in [0.15, 0.2) is 0 Å². The summed E-state index contributed by atoms with van der Waals surface area (Å²) in [5, 5.41) is 8.84. The van der Waals surface area contributed by atoms with E-state index in [1.807, 2.05) is 11.3 Å². The molecule has 0 atom stereocenters. The van der Waals surface area contributed by atoms with E-state index in [2.05, 4.69) is 203 Å². The number of thiophene rings is 1. The van der Waals surface area contributed by atoms with E-state index >= 15 is 0 Å². The second-order valence-corrected chi connectivity index (χ2v) is 22.6. The van der Waals surface area contributed by atoms with Crippen molar-refractivity contribution < 1.29 is 4.42 Å². The Morgan fingerprint density at radius 2 is 1.31 bits per heavy atom. The molecule has 314 valence electrons. The molecule has 0 spiro atoms. The summed E-state index contributed by atoms with van der Waals surface area (Å²) in [6.07, 6.45) is 2.34. The second-order valence-electron chi connectivity index (χ2n) is 21.5. The van der Waals surface area contributed by atoms with Gasteiger partial charge >= 0.3 is 6.85 Å². The maximum absolute atomic E-state index is 7.03. The highest BCUT2D eigenvalue weighted by Gasteiger charge is 2.47. The first-order valence-corrected chi connectivity index (χ1v) is 24.2. The van der Waals surface area contributed by atoms with Gasteiger partial charge in [0.05, 0.1) is 11.4 Å². The minimum Gasteiger partial charge on any atom is -0.456 e. The molecule has 0 radical (unpaired) electrons. The highest BCUT2D eigenvalue weighted by molar-refractivity contribution is 7.32. The first kappa shape index (κ1) is 37.8. The SMILES string of the molecule is CC(C)(C)c1ccc(N2c3cc4oc5ccccc5c4c4c3B(c3sc5cc6c(cc5c32)C(C)(C)CCC6(C)C)n2c3cc5ccccc5cc3c3cccc-4c32)c(-c2ccccc2)c1. The van der Waals surface area contributed by atoms with Crippen molar-refractivity contribution >= 4 is 110 Å². The van der Waals surface area contributed by atoms with Crippen LogP contribution in [0.4, 0.5) is 17.1 Å². The van der Waals surface area contributed by atoms with Crippen LogP contribution < -0.4 is 15.1 Å². The smallest absolute Gasteiger partial charge is 0.343 e. The standard InChI is InChI=1S/C60H49BN2OS/c1-58(2,3)37-24-25-46(41(30-37)34-16-9-8-10-17-34)62-48-33-50-52(39-20-13-14-23-49(39)64-50)53-40-22-15-21-38-42-28-35-18-11-12-19-36(35)29-47(42)63(55(38)40)61(54(48)53)57-56(62)43-31-44-45(32-51(43)65-57)60(6,7)27-26-59(44,4)5/h8-25,28-33H,26-27H2,1-7H3. The number of hydrogen-bond donors (Lipinski definition) is 0. The van der Waals surface area contributed by atoms with Crippen LogP contribution >= 0.6 is 11.3 Å². The molecule has 0 amide bonds. The van der Waals surface area contributed by atoms with Crippen molar-refractivity contribution in [2.75, 3.05) is 4.90 Å². The summed E-state index contributed by atoms with van der Waals surface area (Å²) in [6.45, 7) is 16.8. The highest BCUT2D eigenvalue weighted by atomic mass is 32.1. The van der Waals surface area contributed by atoms with E-state index in [-0.39, 0.29) is 23.1 Å². The number of rotatable bonds is 2. The molecule has 5 heterocycles. The fraction of sp³-hybridized carbons (Fsp3) is 0.200. The van der Waals surface area contributed by atoms with E-state index in [9.17, 15) is 0 Å². The Kier molecular flexibility index (Phi) is 7.33. The van der Waals surface area contributed by atoms with Crippen LogP contribution in [0, 0.1) is 0 Å². The monoisotopic (exact) mass is 856 g/mol. The van der Waals surface area contributed by atoms with Gasteiger partial charge in [0, 0.05) is 70.3 Å². The largest absolute Gasteiger partial charge is 0.456 e. The Bertz CT molecular complexity index is 3890. The molecule has 0 saturated heterocycles. The molecule has 11 aromatic rings. The van der Waals surface area contributed by atoms with Crippen LogP contribution in [0.3, 0.4) is 0 Å². The fourth-order valence-electron chi connectivity index (χ4n) is 12.3. The quantitative estimate of drug-likeness (QED) is 0.162. The third-order valence-corrected chi connectivity index (χ3v) is 16.9. The Labute approximate surface area is 384 Å². The maximum Gasteiger partial charge on any atom is 0.343 e. The summed E-state index contributed by atoms with van der Waals surface area (Å²) in [4.78, 5) is 2.67. The minimum absolute atomic E-state index is 0.0339. The normalized spacial score (nSPS) is 16.0. The van der Waals surface area contributed by atoms with E-state index in [4.69, 9.17) is 4.42 Å². The maximum atomic E-state index is 7.03. The van der Waals surface area contributed by atoms with Crippen LogP contribution in [-0.2, 0) is 16.2 Å². The molecule has 0 unspecified atom stereocenters. The van der Waals surface area contributed by atoms with E-state index in [0.29, 0.717) is 0 Å². The van der Waals surface area contributed by atoms with Crippen LogP contribution in [0.25, 0.3) is 86.9 Å². The van der Waals surface area contributed by atoms with E-state index in [1.54, 1.807) is 0 Å². The lowest BCUT2D eigenvalue weighted by Crippen LogP contribution is -2.55. The number of nitrogens with zero attached hydrogens (tertiary/aromatic N) is 2. The molecule has 14 rings (SSSR count). The summed E-state index contributed by atoms with van der Waals surface area (Å²) >= 11 is 2.02. The average Bonchev–Trinajstić information content (AvgIpc) is 3.97. The molecule has 3 aromatic heterocycles. The summed E-state index contributed by atoms with van der Waals surface area (Å²) < 4.78 is 12.5. The topological polar surface area (TPSA) is 21.3 Å². The number of anilines is 3. The predicted molar refractivity (Wildman–Crippen MR) is 280 cm³/mol. The van der Waals surface area contributed by atoms with Crippen LogP contribution in [0.15, 0.2) is 150 Å². The van der Waals surface area contributed by atoms with Crippen LogP contribution in [0.1, 0.15) is 78.0 Å². The summed E-state index contributed by atoms with van der Waals surface area (Å²) in [7, 11) is 0. The number of fused-ring (bicyclic) bond motifs is 15. The van der Waals surface area contributed by atoms with Crippen molar-refractivity contribution in [3.05, 3.63) is 162 Å². The lowest BCUT2D eigenvalue weighted by molar-refractivity contribution is 0.332. The predicted octanol–water partition coefficient (Wildman–Crippen LogP) is 15.8. The Morgan fingerprint density at radius 1 is 0.600 bits per heavy atom. The van der Waals surface area contributed by atoms with Crippen molar-refractivity contribution in [3.8, 4) is 22.3 Å². The first-order chi connectivity index (χ1) is 31.4. The minimum atomic E-state index is -0.0788. The molecule has 3 nitrogen and oxygen atoms in total. The number of benzene rings is 8. The number of para-hydroxylation sites is 2. The summed E-state index contributed by atoms with van der Waals surface area (Å²) in [6, 6.07) is 55.4. The number of furan rings is 1. The molecule has 8 aromatic carbocycles. The van der Waals surface area contributed by atoms with Gasteiger partial charge < -0.3 is 13.8 Å². The van der Waals surface area contributed by atoms with Gasteiger partial charge in [0.1, 0.15) is 11.2 Å².